The molecule has 0 amide bonds. The number of aromatic nitrogens is 3. The van der Waals surface area contributed by atoms with Crippen LogP contribution in [0.25, 0.3) is 0 Å². The van der Waals surface area contributed by atoms with Crippen LogP contribution in [0, 0.1) is 6.92 Å². The highest BCUT2D eigenvalue weighted by Gasteiger charge is 2.03. The van der Waals surface area contributed by atoms with Crippen LogP contribution in [0.4, 0.5) is 5.69 Å². The first-order chi connectivity index (χ1) is 7.16. The van der Waals surface area contributed by atoms with Crippen molar-refractivity contribution >= 4 is 17.2 Å². The van der Waals surface area contributed by atoms with E-state index in [0.717, 1.165) is 11.3 Å². The molecule has 5 nitrogen and oxygen atoms in total. The molecule has 2 aromatic rings. The van der Waals surface area contributed by atoms with Gasteiger partial charge in [0.15, 0.2) is 0 Å². The number of hydrogen-bond donors (Lipinski definition) is 1. The molecule has 0 spiro atoms. The summed E-state index contributed by atoms with van der Waals surface area (Å²) in [7, 11) is 0. The van der Waals surface area contributed by atoms with Crippen LogP contribution in [0.2, 0.25) is 0 Å². The maximum Gasteiger partial charge on any atom is 0.251 e. The summed E-state index contributed by atoms with van der Waals surface area (Å²) >= 11 is 1.26. The molecule has 0 saturated heterocycles. The van der Waals surface area contributed by atoms with Crippen LogP contribution in [0.1, 0.15) is 11.3 Å². The molecule has 0 atom stereocenters. The molecule has 0 fully saturated rings. The Morgan fingerprint density at radius 1 is 1.60 bits per heavy atom. The van der Waals surface area contributed by atoms with Gasteiger partial charge in [0.25, 0.3) is 5.56 Å². The quantitative estimate of drug-likeness (QED) is 0.809. The van der Waals surface area contributed by atoms with E-state index in [1.54, 1.807) is 6.20 Å². The van der Waals surface area contributed by atoms with Crippen LogP contribution in [0.5, 0.6) is 0 Å². The van der Waals surface area contributed by atoms with Gasteiger partial charge >= 0.3 is 0 Å². The zero-order valence-corrected chi connectivity index (χ0v) is 8.99. The Kier molecular flexibility index (Phi) is 2.51. The highest BCUT2D eigenvalue weighted by molar-refractivity contribution is 7.03. The molecular weight excluding hydrogens is 212 g/mol. The maximum atomic E-state index is 11.6. The Morgan fingerprint density at radius 2 is 2.40 bits per heavy atom. The predicted molar refractivity (Wildman–Crippen MR) is 58.9 cm³/mol. The Labute approximate surface area is 90.3 Å². The van der Waals surface area contributed by atoms with Gasteiger partial charge < -0.3 is 10.3 Å². The largest absolute Gasteiger partial charge is 0.397 e. The fourth-order valence-corrected chi connectivity index (χ4v) is 1.68. The fraction of sp³-hybridized carbons (Fsp3) is 0.222. The molecule has 0 radical (unpaired) electrons. The minimum atomic E-state index is -0.0744. The third kappa shape index (κ3) is 2.04. The summed E-state index contributed by atoms with van der Waals surface area (Å²) in [5.41, 5.74) is 7.83. The third-order valence-electron chi connectivity index (χ3n) is 2.11. The van der Waals surface area contributed by atoms with E-state index in [2.05, 4.69) is 9.59 Å². The molecule has 2 heterocycles. The van der Waals surface area contributed by atoms with Gasteiger partial charge in [0, 0.05) is 17.6 Å². The van der Waals surface area contributed by atoms with Crippen molar-refractivity contribution in [3.63, 3.8) is 0 Å². The summed E-state index contributed by atoms with van der Waals surface area (Å²) in [4.78, 5) is 11.6. The number of nitrogens with zero attached hydrogens (tertiary/aromatic N) is 3. The van der Waals surface area contributed by atoms with Crippen LogP contribution >= 0.6 is 11.5 Å². The third-order valence-corrected chi connectivity index (χ3v) is 2.66. The first-order valence-corrected chi connectivity index (χ1v) is 5.23. The van der Waals surface area contributed by atoms with Gasteiger partial charge in [-0.1, -0.05) is 4.49 Å². The fourth-order valence-electron chi connectivity index (χ4n) is 1.24. The number of pyridine rings is 1. The average Bonchev–Trinajstić information content (AvgIpc) is 2.67. The summed E-state index contributed by atoms with van der Waals surface area (Å²) in [5, 5.41) is 5.68. The molecule has 0 aliphatic rings. The summed E-state index contributed by atoms with van der Waals surface area (Å²) in [6.45, 7) is 2.23. The van der Waals surface area contributed by atoms with Crippen LogP contribution in [0.3, 0.4) is 0 Å². The Bertz CT molecular complexity index is 517. The lowest BCUT2D eigenvalue weighted by atomic mass is 10.2. The van der Waals surface area contributed by atoms with Gasteiger partial charge in [-0.05, 0) is 24.0 Å². The summed E-state index contributed by atoms with van der Waals surface area (Å²) in [6, 6.07) is 1.52. The van der Waals surface area contributed by atoms with E-state index in [1.807, 2.05) is 12.3 Å². The highest BCUT2D eigenvalue weighted by Crippen LogP contribution is 2.07. The molecule has 0 aliphatic carbocycles. The van der Waals surface area contributed by atoms with Crippen LogP contribution in [-0.4, -0.2) is 14.2 Å². The van der Waals surface area contributed by atoms with Crippen molar-refractivity contribution in [2.24, 2.45) is 0 Å². The zero-order chi connectivity index (χ0) is 10.8. The SMILES string of the molecule is Cc1cc(=O)n(Cc2csnn2)cc1N. The van der Waals surface area contributed by atoms with Gasteiger partial charge in [-0.15, -0.1) is 5.10 Å². The molecule has 0 unspecified atom stereocenters. The van der Waals surface area contributed by atoms with Crippen molar-refractivity contribution in [1.29, 1.82) is 0 Å². The van der Waals surface area contributed by atoms with Crippen LogP contribution in [0.15, 0.2) is 22.4 Å². The first-order valence-electron chi connectivity index (χ1n) is 4.39. The molecule has 2 aromatic heterocycles. The molecule has 78 valence electrons. The van der Waals surface area contributed by atoms with E-state index < -0.39 is 0 Å². The van der Waals surface area contributed by atoms with Crippen molar-refractivity contribution in [1.82, 2.24) is 14.2 Å². The minimum absolute atomic E-state index is 0.0744. The van der Waals surface area contributed by atoms with Crippen LogP contribution < -0.4 is 11.3 Å². The van der Waals surface area contributed by atoms with Gasteiger partial charge in [-0.3, -0.25) is 4.79 Å². The molecular formula is C9H10N4OS. The average molecular weight is 222 g/mol. The van der Waals surface area contributed by atoms with E-state index in [4.69, 9.17) is 5.73 Å². The lowest BCUT2D eigenvalue weighted by Crippen LogP contribution is -2.20. The second-order valence-electron chi connectivity index (χ2n) is 3.27. The van der Waals surface area contributed by atoms with Gasteiger partial charge in [0.2, 0.25) is 0 Å². The van der Waals surface area contributed by atoms with E-state index in [1.165, 1.54) is 22.2 Å². The van der Waals surface area contributed by atoms with Crippen LogP contribution in [-0.2, 0) is 6.54 Å². The molecule has 2 rings (SSSR count). The van der Waals surface area contributed by atoms with Crippen molar-refractivity contribution in [2.75, 3.05) is 5.73 Å². The zero-order valence-electron chi connectivity index (χ0n) is 8.17. The van der Waals surface area contributed by atoms with Crippen molar-refractivity contribution in [3.8, 4) is 0 Å². The smallest absolute Gasteiger partial charge is 0.251 e. The predicted octanol–water partition coefficient (Wildman–Crippen LogP) is 0.639. The number of nitrogen functional groups attached to an aromatic ring is 1. The van der Waals surface area contributed by atoms with E-state index in [9.17, 15) is 4.79 Å². The topological polar surface area (TPSA) is 73.8 Å². The Morgan fingerprint density at radius 3 is 3.07 bits per heavy atom. The maximum absolute atomic E-state index is 11.6. The Hall–Kier alpha value is -1.69. The number of anilines is 1. The summed E-state index contributed by atoms with van der Waals surface area (Å²) in [6.07, 6.45) is 1.64. The monoisotopic (exact) mass is 222 g/mol. The van der Waals surface area contributed by atoms with Gasteiger partial charge in [0.05, 0.1) is 17.9 Å². The minimum Gasteiger partial charge on any atom is -0.397 e. The van der Waals surface area contributed by atoms with E-state index in [-0.39, 0.29) is 5.56 Å². The summed E-state index contributed by atoms with van der Waals surface area (Å²) in [5.74, 6) is 0. The van der Waals surface area contributed by atoms with Crippen molar-refractivity contribution < 1.29 is 0 Å². The molecule has 6 heteroatoms. The first kappa shape index (κ1) is 9.85. The molecule has 0 aromatic carbocycles. The number of rotatable bonds is 2. The molecule has 15 heavy (non-hydrogen) atoms. The number of hydrogen-bond acceptors (Lipinski definition) is 5. The summed E-state index contributed by atoms with van der Waals surface area (Å²) < 4.78 is 5.26. The van der Waals surface area contributed by atoms with Gasteiger partial charge in [0.1, 0.15) is 0 Å². The lowest BCUT2D eigenvalue weighted by molar-refractivity contribution is 0.735. The number of aryl methyl sites for hydroxylation is 1. The molecule has 2 N–H and O–H groups in total. The molecule has 0 bridgehead atoms. The second-order valence-corrected chi connectivity index (χ2v) is 3.88. The lowest BCUT2D eigenvalue weighted by Gasteiger charge is -2.05. The highest BCUT2D eigenvalue weighted by atomic mass is 32.1. The standard InChI is InChI=1S/C9H10N4OS/c1-6-2-9(14)13(4-8(6)10)3-7-5-15-12-11-7/h2,4-5H,3,10H2,1H3. The van der Waals surface area contributed by atoms with Crippen molar-refractivity contribution in [3.05, 3.63) is 39.3 Å². The van der Waals surface area contributed by atoms with E-state index >= 15 is 0 Å². The molecule has 0 aliphatic heterocycles. The van der Waals surface area contributed by atoms with Crippen molar-refractivity contribution in [2.45, 2.75) is 13.5 Å². The molecule has 0 saturated carbocycles. The number of nitrogens with two attached hydrogens (primary N) is 1. The van der Waals surface area contributed by atoms with E-state index in [0.29, 0.717) is 12.2 Å². The Balaban J connectivity index is 2.37. The normalized spacial score (nSPS) is 10.5. The van der Waals surface area contributed by atoms with Gasteiger partial charge in [-0.25, -0.2) is 0 Å². The van der Waals surface area contributed by atoms with Gasteiger partial charge in [-0.2, -0.15) is 0 Å². The second kappa shape index (κ2) is 3.82.